The highest BCUT2D eigenvalue weighted by atomic mass is 16.5. The first-order chi connectivity index (χ1) is 6.68. The van der Waals surface area contributed by atoms with Crippen molar-refractivity contribution >= 4 is 0 Å². The smallest absolute Gasteiger partial charge is 0.0826 e. The standard InChI is InChI=1S/C11H22N2O/c1-11(3-4-11)9-12-7-10-8-13(2)5-6-14-10/h10,12H,3-9H2,1-2H3. The Kier molecular flexibility index (Phi) is 3.10. The minimum atomic E-state index is 0.399. The van der Waals surface area contributed by atoms with Gasteiger partial charge in [-0.05, 0) is 25.3 Å². The van der Waals surface area contributed by atoms with E-state index >= 15 is 0 Å². The van der Waals surface area contributed by atoms with Crippen molar-refractivity contribution in [3.63, 3.8) is 0 Å². The Labute approximate surface area is 86.8 Å². The fraction of sp³-hybridized carbons (Fsp3) is 1.00. The molecule has 2 aliphatic rings. The largest absolute Gasteiger partial charge is 0.374 e. The number of likely N-dealkylation sites (N-methyl/N-ethyl adjacent to an activating group) is 1. The zero-order chi connectivity index (χ0) is 10.0. The van der Waals surface area contributed by atoms with Crippen LogP contribution < -0.4 is 5.32 Å². The summed E-state index contributed by atoms with van der Waals surface area (Å²) in [6.45, 7) is 7.57. The lowest BCUT2D eigenvalue weighted by Crippen LogP contribution is -2.45. The highest BCUT2D eigenvalue weighted by Gasteiger charge is 2.36. The Morgan fingerprint density at radius 1 is 1.50 bits per heavy atom. The number of rotatable bonds is 4. The molecule has 14 heavy (non-hydrogen) atoms. The Bertz CT molecular complexity index is 192. The first-order valence-corrected chi connectivity index (χ1v) is 5.69. The third-order valence-electron chi connectivity index (χ3n) is 3.37. The number of nitrogens with zero attached hydrogens (tertiary/aromatic N) is 1. The van der Waals surface area contributed by atoms with E-state index in [1.54, 1.807) is 0 Å². The van der Waals surface area contributed by atoms with E-state index < -0.39 is 0 Å². The van der Waals surface area contributed by atoms with Gasteiger partial charge >= 0.3 is 0 Å². The van der Waals surface area contributed by atoms with Crippen molar-refractivity contribution in [3.8, 4) is 0 Å². The molecule has 1 N–H and O–H groups in total. The summed E-state index contributed by atoms with van der Waals surface area (Å²) in [5, 5.41) is 3.53. The third kappa shape index (κ3) is 2.94. The lowest BCUT2D eigenvalue weighted by molar-refractivity contribution is -0.0184. The molecule has 0 aromatic carbocycles. The van der Waals surface area contributed by atoms with E-state index in [9.17, 15) is 0 Å². The maximum Gasteiger partial charge on any atom is 0.0826 e. The topological polar surface area (TPSA) is 24.5 Å². The van der Waals surface area contributed by atoms with E-state index in [-0.39, 0.29) is 0 Å². The zero-order valence-electron chi connectivity index (χ0n) is 9.38. The minimum absolute atomic E-state index is 0.399. The Morgan fingerprint density at radius 2 is 2.29 bits per heavy atom. The maximum absolute atomic E-state index is 5.68. The van der Waals surface area contributed by atoms with Crippen molar-refractivity contribution in [2.45, 2.75) is 25.9 Å². The van der Waals surface area contributed by atoms with Gasteiger partial charge in [0.15, 0.2) is 0 Å². The number of morpholine rings is 1. The molecule has 0 aromatic heterocycles. The van der Waals surface area contributed by atoms with Crippen molar-refractivity contribution < 1.29 is 4.74 Å². The summed E-state index contributed by atoms with van der Waals surface area (Å²) in [5.74, 6) is 0. The van der Waals surface area contributed by atoms with E-state index in [0.717, 1.165) is 32.8 Å². The molecule has 0 amide bonds. The number of nitrogens with one attached hydrogen (secondary N) is 1. The molecule has 0 bridgehead atoms. The van der Waals surface area contributed by atoms with Crippen molar-refractivity contribution in [3.05, 3.63) is 0 Å². The molecule has 1 aliphatic carbocycles. The second-order valence-corrected chi connectivity index (χ2v) is 5.20. The van der Waals surface area contributed by atoms with Gasteiger partial charge in [0.05, 0.1) is 12.7 Å². The molecule has 0 aromatic rings. The molecule has 1 atom stereocenters. The molecule has 1 unspecified atom stereocenters. The summed E-state index contributed by atoms with van der Waals surface area (Å²) < 4.78 is 5.68. The maximum atomic E-state index is 5.68. The summed E-state index contributed by atoms with van der Waals surface area (Å²) >= 11 is 0. The van der Waals surface area contributed by atoms with Gasteiger partial charge in [-0.1, -0.05) is 6.92 Å². The predicted octanol–water partition coefficient (Wildman–Crippen LogP) is 0.707. The Morgan fingerprint density at radius 3 is 2.93 bits per heavy atom. The van der Waals surface area contributed by atoms with Gasteiger partial charge in [0.1, 0.15) is 0 Å². The average molecular weight is 198 g/mol. The Balaban J connectivity index is 1.60. The van der Waals surface area contributed by atoms with Gasteiger partial charge in [-0.15, -0.1) is 0 Å². The predicted molar refractivity (Wildman–Crippen MR) is 57.4 cm³/mol. The molecule has 1 saturated carbocycles. The van der Waals surface area contributed by atoms with Crippen molar-refractivity contribution in [2.24, 2.45) is 5.41 Å². The second-order valence-electron chi connectivity index (χ2n) is 5.20. The van der Waals surface area contributed by atoms with Gasteiger partial charge < -0.3 is 15.0 Å². The number of hydrogen-bond acceptors (Lipinski definition) is 3. The van der Waals surface area contributed by atoms with Crippen LogP contribution in [0.4, 0.5) is 0 Å². The first kappa shape index (κ1) is 10.4. The monoisotopic (exact) mass is 198 g/mol. The molecule has 0 spiro atoms. The van der Waals surface area contributed by atoms with Gasteiger partial charge in [-0.3, -0.25) is 0 Å². The van der Waals surface area contributed by atoms with Gasteiger partial charge in [0, 0.05) is 26.2 Å². The summed E-state index contributed by atoms with van der Waals surface area (Å²) in [6, 6.07) is 0. The molecule has 2 fully saturated rings. The molecule has 82 valence electrons. The van der Waals surface area contributed by atoms with Gasteiger partial charge in [0.2, 0.25) is 0 Å². The zero-order valence-corrected chi connectivity index (χ0v) is 9.38. The summed E-state index contributed by atoms with van der Waals surface area (Å²) in [6.07, 6.45) is 3.19. The lowest BCUT2D eigenvalue weighted by atomic mass is 10.1. The SMILES string of the molecule is CN1CCOC(CNCC2(C)CC2)C1. The fourth-order valence-electron chi connectivity index (χ4n) is 1.92. The van der Waals surface area contributed by atoms with Crippen molar-refractivity contribution in [1.82, 2.24) is 10.2 Å². The normalized spacial score (nSPS) is 31.7. The minimum Gasteiger partial charge on any atom is -0.374 e. The first-order valence-electron chi connectivity index (χ1n) is 5.69. The van der Waals surface area contributed by atoms with Crippen LogP contribution in [0.25, 0.3) is 0 Å². The molecule has 3 nitrogen and oxygen atoms in total. The number of hydrogen-bond donors (Lipinski definition) is 1. The van der Waals surface area contributed by atoms with E-state index in [2.05, 4.69) is 24.2 Å². The van der Waals surface area contributed by atoms with Crippen LogP contribution in [0.3, 0.4) is 0 Å². The fourth-order valence-corrected chi connectivity index (χ4v) is 1.92. The molecule has 1 heterocycles. The summed E-state index contributed by atoms with van der Waals surface area (Å²) in [5.41, 5.74) is 0.612. The highest BCUT2D eigenvalue weighted by Crippen LogP contribution is 2.43. The number of ether oxygens (including phenoxy) is 1. The van der Waals surface area contributed by atoms with Crippen LogP contribution in [-0.2, 0) is 4.74 Å². The van der Waals surface area contributed by atoms with Crippen LogP contribution in [0.2, 0.25) is 0 Å². The van der Waals surface area contributed by atoms with Crippen LogP contribution in [0.5, 0.6) is 0 Å². The molecular formula is C11H22N2O. The average Bonchev–Trinajstić information content (AvgIpc) is 2.84. The van der Waals surface area contributed by atoms with Crippen LogP contribution in [0, 0.1) is 5.41 Å². The summed E-state index contributed by atoms with van der Waals surface area (Å²) in [7, 11) is 2.16. The summed E-state index contributed by atoms with van der Waals surface area (Å²) in [4.78, 5) is 2.34. The Hall–Kier alpha value is -0.120. The lowest BCUT2D eigenvalue weighted by Gasteiger charge is -2.30. The second kappa shape index (κ2) is 4.17. The van der Waals surface area contributed by atoms with E-state index in [1.165, 1.54) is 12.8 Å². The molecule has 1 aliphatic heterocycles. The van der Waals surface area contributed by atoms with Crippen molar-refractivity contribution in [1.29, 1.82) is 0 Å². The molecule has 0 radical (unpaired) electrons. The highest BCUT2D eigenvalue weighted by molar-refractivity contribution is 4.90. The van der Waals surface area contributed by atoms with Gasteiger partial charge in [-0.2, -0.15) is 0 Å². The van der Waals surface area contributed by atoms with E-state index in [1.807, 2.05) is 0 Å². The van der Waals surface area contributed by atoms with Crippen LogP contribution in [0.1, 0.15) is 19.8 Å². The molecule has 1 saturated heterocycles. The molecular weight excluding hydrogens is 176 g/mol. The third-order valence-corrected chi connectivity index (χ3v) is 3.37. The molecule has 3 heteroatoms. The van der Waals surface area contributed by atoms with Crippen LogP contribution in [-0.4, -0.2) is 50.8 Å². The van der Waals surface area contributed by atoms with Gasteiger partial charge in [0.25, 0.3) is 0 Å². The van der Waals surface area contributed by atoms with E-state index in [4.69, 9.17) is 4.74 Å². The quantitative estimate of drug-likeness (QED) is 0.720. The van der Waals surface area contributed by atoms with Crippen molar-refractivity contribution in [2.75, 3.05) is 39.8 Å². The van der Waals surface area contributed by atoms with Crippen LogP contribution in [0.15, 0.2) is 0 Å². The van der Waals surface area contributed by atoms with Crippen LogP contribution >= 0.6 is 0 Å². The van der Waals surface area contributed by atoms with Gasteiger partial charge in [-0.25, -0.2) is 0 Å². The molecule has 2 rings (SSSR count). The van der Waals surface area contributed by atoms with E-state index in [0.29, 0.717) is 11.5 Å².